The van der Waals surface area contributed by atoms with E-state index in [9.17, 15) is 0 Å². The van der Waals surface area contributed by atoms with Crippen molar-refractivity contribution in [2.45, 2.75) is 32.6 Å². The van der Waals surface area contributed by atoms with Gasteiger partial charge in [-0.1, -0.05) is 44.4 Å². The van der Waals surface area contributed by atoms with Crippen molar-refractivity contribution in [3.05, 3.63) is 54.2 Å². The van der Waals surface area contributed by atoms with Crippen molar-refractivity contribution in [2.24, 2.45) is 5.10 Å². The molecule has 2 rings (SSSR count). The highest BCUT2D eigenvalue weighted by atomic mass is 16.5. The van der Waals surface area contributed by atoms with Crippen LogP contribution in [0.3, 0.4) is 0 Å². The molecule has 0 radical (unpaired) electrons. The van der Waals surface area contributed by atoms with Crippen molar-refractivity contribution >= 4 is 12.0 Å². The van der Waals surface area contributed by atoms with Crippen LogP contribution in [0.5, 0.6) is 5.75 Å². The molecule has 0 saturated carbocycles. The van der Waals surface area contributed by atoms with E-state index in [0.717, 1.165) is 30.2 Å². The lowest BCUT2D eigenvalue weighted by molar-refractivity contribution is 0.304. The number of benzene rings is 1. The van der Waals surface area contributed by atoms with Gasteiger partial charge in [-0.15, -0.1) is 0 Å². The van der Waals surface area contributed by atoms with Gasteiger partial charge in [0.1, 0.15) is 11.6 Å². The van der Waals surface area contributed by atoms with E-state index < -0.39 is 0 Å². The van der Waals surface area contributed by atoms with Gasteiger partial charge in [0.15, 0.2) is 0 Å². The smallest absolute Gasteiger partial charge is 0.146 e. The van der Waals surface area contributed by atoms with E-state index in [0.29, 0.717) is 0 Å². The zero-order chi connectivity index (χ0) is 15.5. The molecule has 0 spiro atoms. The molecule has 1 heterocycles. The van der Waals surface area contributed by atoms with Crippen LogP contribution in [0.2, 0.25) is 0 Å². The zero-order valence-electron chi connectivity index (χ0n) is 13.0. The molecule has 0 aliphatic carbocycles. The summed E-state index contributed by atoms with van der Waals surface area (Å²) >= 11 is 0. The minimum Gasteiger partial charge on any atom is -0.493 e. The molecule has 0 bridgehead atoms. The molecule has 0 fully saturated rings. The number of ether oxygens (including phenoxy) is 1. The molecule has 1 aromatic heterocycles. The van der Waals surface area contributed by atoms with Gasteiger partial charge in [-0.2, -0.15) is 5.10 Å². The number of nitrogens with zero attached hydrogens (tertiary/aromatic N) is 2. The Bertz CT molecular complexity index is 570. The number of para-hydroxylation sites is 1. The Kier molecular flexibility index (Phi) is 6.96. The monoisotopic (exact) mass is 297 g/mol. The van der Waals surface area contributed by atoms with Crippen molar-refractivity contribution in [1.29, 1.82) is 0 Å². The molecule has 0 unspecified atom stereocenters. The third-order valence-electron chi connectivity index (χ3n) is 3.22. The molecule has 1 N–H and O–H groups in total. The highest BCUT2D eigenvalue weighted by Gasteiger charge is 2.00. The molecule has 4 heteroatoms. The number of anilines is 1. The molecule has 0 aliphatic rings. The summed E-state index contributed by atoms with van der Waals surface area (Å²) in [6.45, 7) is 2.96. The van der Waals surface area contributed by atoms with E-state index >= 15 is 0 Å². The SMILES string of the molecule is CCCCCCOc1ccccc1C=NNc1ccccn1. The Morgan fingerprint density at radius 1 is 1.09 bits per heavy atom. The number of hydrogen-bond donors (Lipinski definition) is 1. The number of pyridine rings is 1. The van der Waals surface area contributed by atoms with E-state index in [2.05, 4.69) is 22.4 Å². The molecule has 0 atom stereocenters. The summed E-state index contributed by atoms with van der Waals surface area (Å²) in [4.78, 5) is 4.15. The largest absolute Gasteiger partial charge is 0.493 e. The second-order valence-electron chi connectivity index (χ2n) is 5.03. The lowest BCUT2D eigenvalue weighted by Crippen LogP contribution is -2.00. The second kappa shape index (κ2) is 9.55. The maximum atomic E-state index is 5.85. The molecular formula is C18H23N3O. The van der Waals surface area contributed by atoms with E-state index in [4.69, 9.17) is 4.74 Å². The van der Waals surface area contributed by atoms with Gasteiger partial charge in [0.05, 0.1) is 12.8 Å². The normalized spacial score (nSPS) is 10.8. The standard InChI is InChI=1S/C18H23N3O/c1-2-3-4-9-14-22-17-11-6-5-10-16(17)15-20-21-18-12-7-8-13-19-18/h5-8,10-13,15H,2-4,9,14H2,1H3,(H,19,21). The molecule has 1 aromatic carbocycles. The highest BCUT2D eigenvalue weighted by Crippen LogP contribution is 2.16. The fraction of sp³-hybridized carbons (Fsp3) is 0.333. The van der Waals surface area contributed by atoms with Gasteiger partial charge in [0.2, 0.25) is 0 Å². The molecule has 2 aromatic rings. The predicted molar refractivity (Wildman–Crippen MR) is 91.5 cm³/mol. The van der Waals surface area contributed by atoms with Crippen LogP contribution in [0.15, 0.2) is 53.8 Å². The van der Waals surface area contributed by atoms with Crippen molar-refractivity contribution in [2.75, 3.05) is 12.0 Å². The van der Waals surface area contributed by atoms with Crippen LogP contribution in [0.1, 0.15) is 38.2 Å². The van der Waals surface area contributed by atoms with Crippen LogP contribution in [0.25, 0.3) is 0 Å². The molecule has 4 nitrogen and oxygen atoms in total. The number of unbranched alkanes of at least 4 members (excludes halogenated alkanes) is 3. The maximum absolute atomic E-state index is 5.85. The summed E-state index contributed by atoms with van der Waals surface area (Å²) in [6.07, 6.45) is 8.30. The van der Waals surface area contributed by atoms with E-state index in [1.807, 2.05) is 42.5 Å². The Morgan fingerprint density at radius 3 is 2.77 bits per heavy atom. The number of rotatable bonds is 9. The van der Waals surface area contributed by atoms with Gasteiger partial charge in [-0.05, 0) is 30.7 Å². The minimum absolute atomic E-state index is 0.719. The maximum Gasteiger partial charge on any atom is 0.146 e. The highest BCUT2D eigenvalue weighted by molar-refractivity contribution is 5.83. The predicted octanol–water partition coefficient (Wildman–Crippen LogP) is 4.49. The van der Waals surface area contributed by atoms with Crippen molar-refractivity contribution < 1.29 is 4.74 Å². The summed E-state index contributed by atoms with van der Waals surface area (Å²) in [5.41, 5.74) is 3.87. The van der Waals surface area contributed by atoms with E-state index in [1.165, 1.54) is 19.3 Å². The first-order chi connectivity index (χ1) is 10.9. The average Bonchev–Trinajstić information content (AvgIpc) is 2.57. The summed E-state index contributed by atoms with van der Waals surface area (Å²) in [7, 11) is 0. The molecule has 0 saturated heterocycles. The summed E-state index contributed by atoms with van der Waals surface area (Å²) < 4.78 is 5.85. The van der Waals surface area contributed by atoms with Crippen LogP contribution in [0, 0.1) is 0 Å². The first-order valence-corrected chi connectivity index (χ1v) is 7.82. The van der Waals surface area contributed by atoms with Crippen LogP contribution in [-0.2, 0) is 0 Å². The molecule has 22 heavy (non-hydrogen) atoms. The van der Waals surface area contributed by atoms with Gasteiger partial charge >= 0.3 is 0 Å². The lowest BCUT2D eigenvalue weighted by Gasteiger charge is -2.08. The Labute approximate surface area is 132 Å². The van der Waals surface area contributed by atoms with Crippen molar-refractivity contribution in [3.63, 3.8) is 0 Å². The van der Waals surface area contributed by atoms with E-state index in [1.54, 1.807) is 12.4 Å². The number of nitrogens with one attached hydrogen (secondary N) is 1. The van der Waals surface area contributed by atoms with E-state index in [-0.39, 0.29) is 0 Å². The number of hydrogen-bond acceptors (Lipinski definition) is 4. The Balaban J connectivity index is 1.87. The van der Waals surface area contributed by atoms with Gasteiger partial charge in [-0.3, -0.25) is 5.43 Å². The molecule has 116 valence electrons. The van der Waals surface area contributed by atoms with Gasteiger partial charge in [-0.25, -0.2) is 4.98 Å². The Hall–Kier alpha value is -2.36. The van der Waals surface area contributed by atoms with Gasteiger partial charge in [0.25, 0.3) is 0 Å². The fourth-order valence-electron chi connectivity index (χ4n) is 2.03. The fourth-order valence-corrected chi connectivity index (χ4v) is 2.03. The van der Waals surface area contributed by atoms with Crippen LogP contribution in [-0.4, -0.2) is 17.8 Å². The lowest BCUT2D eigenvalue weighted by atomic mass is 10.2. The van der Waals surface area contributed by atoms with Gasteiger partial charge < -0.3 is 4.74 Å². The number of aromatic nitrogens is 1. The quantitative estimate of drug-likeness (QED) is 0.421. The Morgan fingerprint density at radius 2 is 1.95 bits per heavy atom. The number of hydrazone groups is 1. The van der Waals surface area contributed by atoms with Gasteiger partial charge in [0, 0.05) is 11.8 Å². The average molecular weight is 297 g/mol. The summed E-state index contributed by atoms with van der Waals surface area (Å²) in [5, 5.41) is 4.21. The summed E-state index contributed by atoms with van der Waals surface area (Å²) in [6, 6.07) is 13.6. The summed E-state index contributed by atoms with van der Waals surface area (Å²) in [5.74, 6) is 1.59. The minimum atomic E-state index is 0.719. The van der Waals surface area contributed by atoms with Crippen LogP contribution in [0.4, 0.5) is 5.82 Å². The van der Waals surface area contributed by atoms with Crippen LogP contribution >= 0.6 is 0 Å². The van der Waals surface area contributed by atoms with Crippen molar-refractivity contribution in [3.8, 4) is 5.75 Å². The van der Waals surface area contributed by atoms with Crippen LogP contribution < -0.4 is 10.2 Å². The zero-order valence-corrected chi connectivity index (χ0v) is 13.0. The first-order valence-electron chi connectivity index (χ1n) is 7.82. The second-order valence-corrected chi connectivity index (χ2v) is 5.03. The molecular weight excluding hydrogens is 274 g/mol. The third-order valence-corrected chi connectivity index (χ3v) is 3.22. The van der Waals surface area contributed by atoms with Crippen molar-refractivity contribution in [1.82, 2.24) is 4.98 Å². The third kappa shape index (κ3) is 5.56. The molecule has 0 aliphatic heterocycles. The molecule has 0 amide bonds. The topological polar surface area (TPSA) is 46.5 Å². The first kappa shape index (κ1) is 16.0.